The monoisotopic (exact) mass is 235 g/mol. The number of nitrogens with zero attached hydrogens (tertiary/aromatic N) is 1. The fraction of sp³-hybridized carbons (Fsp3) is 0.308. The van der Waals surface area contributed by atoms with Gasteiger partial charge in [0.05, 0.1) is 18.2 Å². The van der Waals surface area contributed by atoms with Crippen LogP contribution in [0.5, 0.6) is 0 Å². The standard InChI is InChI=1S/C13H14FNO2/c1-3-8-15(9-10(2)13(16)17)12-7-5-4-6-11(12)14/h1,4-7,10H,8-9H2,2H3,(H,16,17). The molecule has 0 fully saturated rings. The lowest BCUT2D eigenvalue weighted by molar-refractivity contribution is -0.140. The Kier molecular flexibility index (Phi) is 4.53. The van der Waals surface area contributed by atoms with Gasteiger partial charge in [-0.15, -0.1) is 6.42 Å². The molecule has 0 amide bonds. The summed E-state index contributed by atoms with van der Waals surface area (Å²) in [7, 11) is 0. The van der Waals surface area contributed by atoms with Crippen LogP contribution in [0.2, 0.25) is 0 Å². The number of carboxylic acid groups (broad SMARTS) is 1. The van der Waals surface area contributed by atoms with E-state index in [-0.39, 0.29) is 13.1 Å². The number of anilines is 1. The molecule has 0 saturated carbocycles. The van der Waals surface area contributed by atoms with Crippen LogP contribution in [0.3, 0.4) is 0 Å². The number of benzene rings is 1. The van der Waals surface area contributed by atoms with Gasteiger partial charge in [0.2, 0.25) is 0 Å². The van der Waals surface area contributed by atoms with E-state index in [9.17, 15) is 9.18 Å². The summed E-state index contributed by atoms with van der Waals surface area (Å²) in [6.45, 7) is 1.92. The Morgan fingerprint density at radius 3 is 2.76 bits per heavy atom. The van der Waals surface area contributed by atoms with E-state index in [4.69, 9.17) is 11.5 Å². The molecule has 0 heterocycles. The summed E-state index contributed by atoms with van der Waals surface area (Å²) in [6, 6.07) is 6.17. The second-order valence-electron chi connectivity index (χ2n) is 3.78. The van der Waals surface area contributed by atoms with E-state index in [1.165, 1.54) is 6.07 Å². The van der Waals surface area contributed by atoms with Crippen LogP contribution in [0.4, 0.5) is 10.1 Å². The second-order valence-corrected chi connectivity index (χ2v) is 3.78. The lowest BCUT2D eigenvalue weighted by Gasteiger charge is -2.24. The first-order chi connectivity index (χ1) is 8.06. The Morgan fingerprint density at radius 1 is 1.59 bits per heavy atom. The number of rotatable bonds is 5. The minimum Gasteiger partial charge on any atom is -0.481 e. The molecule has 1 N–H and O–H groups in total. The van der Waals surface area contributed by atoms with Gasteiger partial charge in [-0.3, -0.25) is 4.79 Å². The normalized spacial score (nSPS) is 11.6. The maximum absolute atomic E-state index is 13.6. The van der Waals surface area contributed by atoms with Gasteiger partial charge < -0.3 is 10.0 Å². The van der Waals surface area contributed by atoms with Gasteiger partial charge in [0.1, 0.15) is 5.82 Å². The topological polar surface area (TPSA) is 40.5 Å². The second kappa shape index (κ2) is 5.90. The highest BCUT2D eigenvalue weighted by atomic mass is 19.1. The van der Waals surface area contributed by atoms with Gasteiger partial charge in [-0.1, -0.05) is 25.0 Å². The Balaban J connectivity index is 2.91. The molecular weight excluding hydrogens is 221 g/mol. The fourth-order valence-electron chi connectivity index (χ4n) is 1.48. The van der Waals surface area contributed by atoms with Gasteiger partial charge in [-0.2, -0.15) is 0 Å². The molecule has 1 atom stereocenters. The Hall–Kier alpha value is -2.02. The van der Waals surface area contributed by atoms with Crippen molar-refractivity contribution in [3.63, 3.8) is 0 Å². The quantitative estimate of drug-likeness (QED) is 0.793. The summed E-state index contributed by atoms with van der Waals surface area (Å²) in [5.41, 5.74) is 0.332. The Labute approximate surface area is 99.9 Å². The molecule has 0 aliphatic rings. The fourth-order valence-corrected chi connectivity index (χ4v) is 1.48. The molecule has 17 heavy (non-hydrogen) atoms. The highest BCUT2D eigenvalue weighted by Gasteiger charge is 2.17. The van der Waals surface area contributed by atoms with Crippen molar-refractivity contribution in [3.05, 3.63) is 30.1 Å². The predicted molar refractivity (Wildman–Crippen MR) is 64.2 cm³/mol. The minimum atomic E-state index is -0.927. The number of carbonyl (C=O) groups is 1. The third kappa shape index (κ3) is 3.49. The van der Waals surface area contributed by atoms with Crippen LogP contribution in [0.15, 0.2) is 24.3 Å². The van der Waals surface area contributed by atoms with Crippen LogP contribution in [-0.4, -0.2) is 24.2 Å². The largest absolute Gasteiger partial charge is 0.481 e. The van der Waals surface area contributed by atoms with Crippen molar-refractivity contribution >= 4 is 11.7 Å². The molecule has 3 nitrogen and oxygen atoms in total. The zero-order chi connectivity index (χ0) is 12.8. The number of aliphatic carboxylic acids is 1. The lowest BCUT2D eigenvalue weighted by atomic mass is 10.1. The van der Waals surface area contributed by atoms with Crippen LogP contribution >= 0.6 is 0 Å². The van der Waals surface area contributed by atoms with Crippen molar-refractivity contribution in [3.8, 4) is 12.3 Å². The zero-order valence-electron chi connectivity index (χ0n) is 9.56. The number of hydrogen-bond acceptors (Lipinski definition) is 2. The molecule has 0 aromatic heterocycles. The van der Waals surface area contributed by atoms with E-state index in [1.807, 2.05) is 0 Å². The summed E-state index contributed by atoms with van der Waals surface area (Å²) in [6.07, 6.45) is 5.21. The van der Waals surface area contributed by atoms with Crippen LogP contribution in [0, 0.1) is 24.1 Å². The molecule has 1 unspecified atom stereocenters. The number of hydrogen-bond donors (Lipinski definition) is 1. The van der Waals surface area contributed by atoms with Crippen molar-refractivity contribution in [1.82, 2.24) is 0 Å². The number of para-hydroxylation sites is 1. The molecule has 1 rings (SSSR count). The third-order valence-electron chi connectivity index (χ3n) is 2.39. The van der Waals surface area contributed by atoms with Crippen LogP contribution < -0.4 is 4.90 Å². The third-order valence-corrected chi connectivity index (χ3v) is 2.39. The van der Waals surface area contributed by atoms with E-state index in [1.54, 1.807) is 30.0 Å². The molecule has 0 radical (unpaired) electrons. The van der Waals surface area contributed by atoms with Crippen molar-refractivity contribution in [2.45, 2.75) is 6.92 Å². The average Bonchev–Trinajstić information content (AvgIpc) is 2.29. The molecule has 0 aliphatic carbocycles. The van der Waals surface area contributed by atoms with Gasteiger partial charge in [-0.05, 0) is 12.1 Å². The molecule has 4 heteroatoms. The first kappa shape index (κ1) is 13.0. The molecule has 90 valence electrons. The predicted octanol–water partition coefficient (Wildman–Crippen LogP) is 1.99. The Bertz CT molecular complexity index is 439. The van der Waals surface area contributed by atoms with Crippen LogP contribution in [0.1, 0.15) is 6.92 Å². The van der Waals surface area contributed by atoms with Crippen molar-refractivity contribution < 1.29 is 14.3 Å². The number of carboxylic acids is 1. The van der Waals surface area contributed by atoms with Crippen LogP contribution in [-0.2, 0) is 4.79 Å². The molecular formula is C13H14FNO2. The first-order valence-electron chi connectivity index (χ1n) is 5.22. The van der Waals surface area contributed by atoms with Gasteiger partial charge in [-0.25, -0.2) is 4.39 Å². The average molecular weight is 235 g/mol. The summed E-state index contributed by atoms with van der Waals surface area (Å²) in [5.74, 6) is 0.466. The highest BCUT2D eigenvalue weighted by Crippen LogP contribution is 2.19. The number of terminal acetylenes is 1. The Morgan fingerprint density at radius 2 is 2.24 bits per heavy atom. The lowest BCUT2D eigenvalue weighted by Crippen LogP contribution is -2.32. The van der Waals surface area contributed by atoms with E-state index in [0.717, 1.165) is 0 Å². The van der Waals surface area contributed by atoms with E-state index in [2.05, 4.69) is 5.92 Å². The molecule has 0 aliphatic heterocycles. The summed E-state index contributed by atoms with van der Waals surface area (Å²) >= 11 is 0. The van der Waals surface area contributed by atoms with Crippen molar-refractivity contribution in [2.75, 3.05) is 18.0 Å². The smallest absolute Gasteiger partial charge is 0.308 e. The number of halogens is 1. The molecule has 1 aromatic rings. The van der Waals surface area contributed by atoms with Gasteiger partial charge in [0.15, 0.2) is 0 Å². The summed E-state index contributed by atoms with van der Waals surface area (Å²) in [5, 5.41) is 8.84. The van der Waals surface area contributed by atoms with E-state index >= 15 is 0 Å². The van der Waals surface area contributed by atoms with Gasteiger partial charge in [0.25, 0.3) is 0 Å². The first-order valence-corrected chi connectivity index (χ1v) is 5.22. The molecule has 0 spiro atoms. The van der Waals surface area contributed by atoms with Gasteiger partial charge >= 0.3 is 5.97 Å². The maximum Gasteiger partial charge on any atom is 0.308 e. The maximum atomic E-state index is 13.6. The van der Waals surface area contributed by atoms with E-state index < -0.39 is 17.7 Å². The van der Waals surface area contributed by atoms with Gasteiger partial charge in [0, 0.05) is 6.54 Å². The van der Waals surface area contributed by atoms with E-state index in [0.29, 0.717) is 5.69 Å². The molecule has 0 saturated heterocycles. The zero-order valence-corrected chi connectivity index (χ0v) is 9.56. The summed E-state index contributed by atoms with van der Waals surface area (Å²) < 4.78 is 13.6. The van der Waals surface area contributed by atoms with Crippen molar-refractivity contribution in [2.24, 2.45) is 5.92 Å². The highest BCUT2D eigenvalue weighted by molar-refractivity contribution is 5.70. The minimum absolute atomic E-state index is 0.179. The van der Waals surface area contributed by atoms with Crippen molar-refractivity contribution in [1.29, 1.82) is 0 Å². The molecule has 1 aromatic carbocycles. The molecule has 0 bridgehead atoms. The SMILES string of the molecule is C#CCN(CC(C)C(=O)O)c1ccccc1F. The van der Waals surface area contributed by atoms with Crippen LogP contribution in [0.25, 0.3) is 0 Å². The summed E-state index contributed by atoms with van der Waals surface area (Å²) in [4.78, 5) is 12.3.